The van der Waals surface area contributed by atoms with Crippen molar-refractivity contribution in [3.63, 3.8) is 0 Å². The molecule has 0 saturated carbocycles. The van der Waals surface area contributed by atoms with Crippen LogP contribution in [0.4, 0.5) is 0 Å². The van der Waals surface area contributed by atoms with Gasteiger partial charge in [-0.05, 0) is 15.9 Å². The van der Waals surface area contributed by atoms with Crippen molar-refractivity contribution in [1.29, 1.82) is 0 Å². The van der Waals surface area contributed by atoms with Crippen LogP contribution in [0.3, 0.4) is 0 Å². The molecule has 0 aliphatic heterocycles. The van der Waals surface area contributed by atoms with Crippen LogP contribution in [0, 0.1) is 0 Å². The van der Waals surface area contributed by atoms with Gasteiger partial charge in [0.2, 0.25) is 0 Å². The number of hydrogen-bond acceptors (Lipinski definition) is 2. The number of aromatic nitrogens is 2. The zero-order valence-electron chi connectivity index (χ0n) is 3.81. The molecule has 0 aromatic carbocycles. The highest BCUT2D eigenvalue weighted by Crippen LogP contribution is 2.06. The molecular weight excluding hydrogens is 191 g/mol. The molecule has 4 heteroatoms. The van der Waals surface area contributed by atoms with Crippen LogP contribution in [0.1, 0.15) is 0 Å². The van der Waals surface area contributed by atoms with E-state index in [4.69, 9.17) is 11.6 Å². The van der Waals surface area contributed by atoms with Crippen LogP contribution in [0.2, 0.25) is 5.15 Å². The summed E-state index contributed by atoms with van der Waals surface area (Å²) in [6, 6.07) is 0. The summed E-state index contributed by atoms with van der Waals surface area (Å²) in [6.07, 6.45) is 3.05. The van der Waals surface area contributed by atoms with Gasteiger partial charge in [0.05, 0.1) is 12.4 Å². The molecule has 0 N–H and O–H groups in total. The average molecular weight is 193 g/mol. The minimum atomic E-state index is 0.402. The summed E-state index contributed by atoms with van der Waals surface area (Å²) in [4.78, 5) is 7.54. The van der Waals surface area contributed by atoms with Gasteiger partial charge in [-0.1, -0.05) is 11.6 Å². The SMILES string of the molecule is Clc1cncc(Br)n1. The fraction of sp³-hybridized carbons (Fsp3) is 0. The van der Waals surface area contributed by atoms with E-state index >= 15 is 0 Å². The fourth-order valence-corrected chi connectivity index (χ4v) is 0.879. The monoisotopic (exact) mass is 192 g/mol. The maximum atomic E-state index is 5.44. The van der Waals surface area contributed by atoms with Crippen molar-refractivity contribution < 1.29 is 0 Å². The molecule has 0 saturated heterocycles. The molecule has 1 aromatic heterocycles. The van der Waals surface area contributed by atoms with E-state index in [0.717, 1.165) is 0 Å². The Morgan fingerprint density at radius 2 is 2.25 bits per heavy atom. The van der Waals surface area contributed by atoms with Gasteiger partial charge in [-0.3, -0.25) is 4.98 Å². The molecule has 0 radical (unpaired) electrons. The summed E-state index contributed by atoms with van der Waals surface area (Å²) in [5.74, 6) is 0. The van der Waals surface area contributed by atoms with E-state index in [1.807, 2.05) is 0 Å². The molecule has 0 bridgehead atoms. The lowest BCUT2D eigenvalue weighted by Crippen LogP contribution is -1.76. The van der Waals surface area contributed by atoms with Gasteiger partial charge >= 0.3 is 0 Å². The van der Waals surface area contributed by atoms with Crippen molar-refractivity contribution in [3.8, 4) is 0 Å². The zero-order valence-corrected chi connectivity index (χ0v) is 6.15. The Morgan fingerprint density at radius 3 is 2.62 bits per heavy atom. The highest BCUT2D eigenvalue weighted by atomic mass is 79.9. The molecule has 0 atom stereocenters. The Balaban J connectivity index is 3.08. The predicted molar refractivity (Wildman–Crippen MR) is 34.7 cm³/mol. The first kappa shape index (κ1) is 5.98. The number of hydrogen-bond donors (Lipinski definition) is 0. The molecule has 0 fully saturated rings. The third-order valence-corrected chi connectivity index (χ3v) is 1.14. The van der Waals surface area contributed by atoms with E-state index in [0.29, 0.717) is 9.76 Å². The molecule has 0 unspecified atom stereocenters. The van der Waals surface area contributed by atoms with Gasteiger partial charge in [0.1, 0.15) is 9.76 Å². The number of halogens is 2. The van der Waals surface area contributed by atoms with Crippen LogP contribution in [0.25, 0.3) is 0 Å². The standard InChI is InChI=1S/C4H2BrClN2/c5-3-1-7-2-4(6)8-3/h1-2H. The largest absolute Gasteiger partial charge is 0.259 e. The average Bonchev–Trinajstić information content (AvgIpc) is 1.64. The first-order valence-electron chi connectivity index (χ1n) is 1.92. The molecule has 0 amide bonds. The van der Waals surface area contributed by atoms with Crippen molar-refractivity contribution in [2.45, 2.75) is 0 Å². The maximum Gasteiger partial charge on any atom is 0.148 e. The van der Waals surface area contributed by atoms with E-state index in [9.17, 15) is 0 Å². The Labute approximate surface area is 60.0 Å². The Bertz CT molecular complexity index is 174. The highest BCUT2D eigenvalue weighted by molar-refractivity contribution is 9.10. The third-order valence-electron chi connectivity index (χ3n) is 0.576. The van der Waals surface area contributed by atoms with Gasteiger partial charge in [0.15, 0.2) is 0 Å². The van der Waals surface area contributed by atoms with Gasteiger partial charge in [0.25, 0.3) is 0 Å². The molecule has 0 spiro atoms. The molecule has 8 heavy (non-hydrogen) atoms. The first-order valence-corrected chi connectivity index (χ1v) is 3.09. The normalized spacial score (nSPS) is 9.25. The summed E-state index contributed by atoms with van der Waals surface area (Å²) in [7, 11) is 0. The Hall–Kier alpha value is -0.150. The van der Waals surface area contributed by atoms with Gasteiger partial charge in [-0.2, -0.15) is 0 Å². The van der Waals surface area contributed by atoms with Gasteiger partial charge in [0, 0.05) is 0 Å². The van der Waals surface area contributed by atoms with Crippen molar-refractivity contribution in [1.82, 2.24) is 9.97 Å². The molecular formula is C4H2BrClN2. The summed E-state index contributed by atoms with van der Waals surface area (Å²) in [5.41, 5.74) is 0. The molecule has 1 rings (SSSR count). The molecule has 0 aliphatic rings. The van der Waals surface area contributed by atoms with Crippen molar-refractivity contribution in [2.24, 2.45) is 0 Å². The van der Waals surface area contributed by atoms with Crippen molar-refractivity contribution in [3.05, 3.63) is 22.1 Å². The van der Waals surface area contributed by atoms with Crippen molar-refractivity contribution in [2.75, 3.05) is 0 Å². The second kappa shape index (κ2) is 2.42. The summed E-state index contributed by atoms with van der Waals surface area (Å²) in [6.45, 7) is 0. The summed E-state index contributed by atoms with van der Waals surface area (Å²) >= 11 is 8.55. The Kier molecular flexibility index (Phi) is 1.81. The quantitative estimate of drug-likeness (QED) is 0.629. The van der Waals surface area contributed by atoms with Gasteiger partial charge in [-0.25, -0.2) is 4.98 Å². The van der Waals surface area contributed by atoms with E-state index < -0.39 is 0 Å². The van der Waals surface area contributed by atoms with E-state index in [1.54, 1.807) is 6.20 Å². The minimum Gasteiger partial charge on any atom is -0.259 e. The van der Waals surface area contributed by atoms with Crippen LogP contribution >= 0.6 is 27.5 Å². The van der Waals surface area contributed by atoms with E-state index in [1.165, 1.54) is 6.20 Å². The van der Waals surface area contributed by atoms with Crippen LogP contribution in [-0.4, -0.2) is 9.97 Å². The highest BCUT2D eigenvalue weighted by Gasteiger charge is 1.87. The summed E-state index contributed by atoms with van der Waals surface area (Å²) < 4.78 is 0.657. The summed E-state index contributed by atoms with van der Waals surface area (Å²) in [5, 5.41) is 0.402. The van der Waals surface area contributed by atoms with Crippen LogP contribution in [0.15, 0.2) is 17.0 Å². The second-order valence-electron chi connectivity index (χ2n) is 1.16. The van der Waals surface area contributed by atoms with E-state index in [2.05, 4.69) is 25.9 Å². The van der Waals surface area contributed by atoms with Crippen LogP contribution < -0.4 is 0 Å². The molecule has 1 heterocycles. The Morgan fingerprint density at radius 1 is 1.50 bits per heavy atom. The van der Waals surface area contributed by atoms with E-state index in [-0.39, 0.29) is 0 Å². The molecule has 42 valence electrons. The molecule has 2 nitrogen and oxygen atoms in total. The lowest BCUT2D eigenvalue weighted by Gasteiger charge is -1.85. The molecule has 1 aromatic rings. The van der Waals surface area contributed by atoms with Gasteiger partial charge < -0.3 is 0 Å². The fourth-order valence-electron chi connectivity index (χ4n) is 0.320. The molecule has 0 aliphatic carbocycles. The van der Waals surface area contributed by atoms with Gasteiger partial charge in [-0.15, -0.1) is 0 Å². The lowest BCUT2D eigenvalue weighted by molar-refractivity contribution is 1.16. The van der Waals surface area contributed by atoms with Crippen LogP contribution in [0.5, 0.6) is 0 Å². The van der Waals surface area contributed by atoms with Crippen LogP contribution in [-0.2, 0) is 0 Å². The smallest absolute Gasteiger partial charge is 0.148 e. The number of rotatable bonds is 0. The van der Waals surface area contributed by atoms with Crippen molar-refractivity contribution >= 4 is 27.5 Å². The second-order valence-corrected chi connectivity index (χ2v) is 2.36. The third kappa shape index (κ3) is 1.42. The zero-order chi connectivity index (χ0) is 5.98. The first-order chi connectivity index (χ1) is 3.79. The topological polar surface area (TPSA) is 25.8 Å². The predicted octanol–water partition coefficient (Wildman–Crippen LogP) is 1.89. The lowest BCUT2D eigenvalue weighted by atomic mass is 10.8. The number of nitrogens with zero attached hydrogens (tertiary/aromatic N) is 2. The minimum absolute atomic E-state index is 0.402. The maximum absolute atomic E-state index is 5.44.